The number of allylic oxidation sites excluding steroid dienone is 1. The number of carbonyl (C=O) groups is 1. The van der Waals surface area contributed by atoms with Gasteiger partial charge in [0.1, 0.15) is 17.1 Å². The number of esters is 1. The molecular weight excluding hydrogens is 272 g/mol. The van der Waals surface area contributed by atoms with Crippen molar-refractivity contribution in [1.82, 2.24) is 0 Å². The van der Waals surface area contributed by atoms with E-state index in [1.54, 1.807) is 19.1 Å². The van der Waals surface area contributed by atoms with E-state index in [9.17, 15) is 9.59 Å². The second kappa shape index (κ2) is 5.83. The van der Waals surface area contributed by atoms with Crippen LogP contribution in [-0.4, -0.2) is 13.1 Å². The molecule has 0 aliphatic heterocycles. The standard InChI is InChI=1S/C16H16O5/c1-5-6-11-12(20-10(3)17)8-13(19-4)15-9(2)7-14(18)21-16(11)15/h5,7-8H,1,6H2,2-4H3. The zero-order valence-electron chi connectivity index (χ0n) is 12.2. The third kappa shape index (κ3) is 2.81. The maximum Gasteiger partial charge on any atom is 0.336 e. The highest BCUT2D eigenvalue weighted by atomic mass is 16.5. The minimum Gasteiger partial charge on any atom is -0.496 e. The molecule has 0 bridgehead atoms. The van der Waals surface area contributed by atoms with Crippen molar-refractivity contribution in [2.45, 2.75) is 20.3 Å². The summed E-state index contributed by atoms with van der Waals surface area (Å²) in [5.74, 6) is 0.326. The fourth-order valence-corrected chi connectivity index (χ4v) is 2.26. The van der Waals surface area contributed by atoms with Crippen LogP contribution in [0.2, 0.25) is 0 Å². The molecule has 5 nitrogen and oxygen atoms in total. The normalized spacial score (nSPS) is 10.4. The van der Waals surface area contributed by atoms with E-state index in [1.807, 2.05) is 0 Å². The molecule has 110 valence electrons. The van der Waals surface area contributed by atoms with E-state index in [1.165, 1.54) is 20.1 Å². The van der Waals surface area contributed by atoms with Crippen molar-refractivity contribution < 1.29 is 18.7 Å². The molecule has 1 heterocycles. The van der Waals surface area contributed by atoms with Crippen molar-refractivity contribution in [3.05, 3.63) is 46.3 Å². The first-order chi connectivity index (χ1) is 9.97. The molecule has 2 rings (SSSR count). The Bertz CT molecular complexity index is 770. The van der Waals surface area contributed by atoms with E-state index < -0.39 is 11.6 Å². The van der Waals surface area contributed by atoms with Crippen LogP contribution in [0.15, 0.2) is 34.0 Å². The van der Waals surface area contributed by atoms with Gasteiger partial charge in [-0.05, 0) is 18.9 Å². The highest BCUT2D eigenvalue weighted by Gasteiger charge is 2.18. The predicted molar refractivity (Wildman–Crippen MR) is 79.0 cm³/mol. The molecule has 0 atom stereocenters. The van der Waals surface area contributed by atoms with Gasteiger partial charge >= 0.3 is 11.6 Å². The van der Waals surface area contributed by atoms with Gasteiger partial charge < -0.3 is 13.9 Å². The Hall–Kier alpha value is -2.56. The Morgan fingerprint density at radius 3 is 2.67 bits per heavy atom. The summed E-state index contributed by atoms with van der Waals surface area (Å²) < 4.78 is 15.8. The average molecular weight is 288 g/mol. The van der Waals surface area contributed by atoms with Crippen molar-refractivity contribution in [1.29, 1.82) is 0 Å². The minimum absolute atomic E-state index is 0.306. The van der Waals surface area contributed by atoms with Gasteiger partial charge in [-0.2, -0.15) is 0 Å². The van der Waals surface area contributed by atoms with Gasteiger partial charge in [0.2, 0.25) is 0 Å². The number of hydrogen-bond acceptors (Lipinski definition) is 5. The van der Waals surface area contributed by atoms with Gasteiger partial charge in [0.15, 0.2) is 0 Å². The summed E-state index contributed by atoms with van der Waals surface area (Å²) >= 11 is 0. The van der Waals surface area contributed by atoms with Crippen LogP contribution < -0.4 is 15.1 Å². The number of benzene rings is 1. The van der Waals surface area contributed by atoms with E-state index in [0.29, 0.717) is 34.5 Å². The fourth-order valence-electron chi connectivity index (χ4n) is 2.26. The quantitative estimate of drug-likeness (QED) is 0.374. The summed E-state index contributed by atoms with van der Waals surface area (Å²) in [6.07, 6.45) is 2.05. The largest absolute Gasteiger partial charge is 0.496 e. The highest BCUT2D eigenvalue weighted by Crippen LogP contribution is 2.37. The van der Waals surface area contributed by atoms with Gasteiger partial charge in [-0.1, -0.05) is 6.08 Å². The number of hydrogen-bond donors (Lipinski definition) is 0. The van der Waals surface area contributed by atoms with E-state index in [2.05, 4.69) is 6.58 Å². The lowest BCUT2D eigenvalue weighted by atomic mass is 10.0. The number of methoxy groups -OCH3 is 1. The third-order valence-corrected chi connectivity index (χ3v) is 3.06. The van der Waals surface area contributed by atoms with Gasteiger partial charge in [0.25, 0.3) is 0 Å². The maximum absolute atomic E-state index is 11.7. The lowest BCUT2D eigenvalue weighted by Crippen LogP contribution is -2.07. The monoisotopic (exact) mass is 288 g/mol. The first-order valence-electron chi connectivity index (χ1n) is 6.41. The van der Waals surface area contributed by atoms with Crippen LogP contribution >= 0.6 is 0 Å². The number of ether oxygens (including phenoxy) is 2. The average Bonchev–Trinajstić information content (AvgIpc) is 2.40. The molecule has 0 amide bonds. The number of aryl methyl sites for hydroxylation is 1. The molecule has 0 aliphatic carbocycles. The summed E-state index contributed by atoms with van der Waals surface area (Å²) in [5.41, 5.74) is 1.22. The number of carbonyl (C=O) groups excluding carboxylic acids is 1. The molecule has 1 aromatic heterocycles. The van der Waals surface area contributed by atoms with Crippen molar-refractivity contribution >= 4 is 16.9 Å². The summed E-state index contributed by atoms with van der Waals surface area (Å²) in [6.45, 7) is 6.78. The summed E-state index contributed by atoms with van der Waals surface area (Å²) in [5, 5.41) is 0.685. The Balaban J connectivity index is 2.91. The molecule has 0 saturated carbocycles. The number of rotatable bonds is 4. The number of fused-ring (bicyclic) bond motifs is 1. The Morgan fingerprint density at radius 2 is 2.10 bits per heavy atom. The van der Waals surface area contributed by atoms with Crippen LogP contribution in [0.4, 0.5) is 0 Å². The van der Waals surface area contributed by atoms with Crippen LogP contribution in [0.25, 0.3) is 11.0 Å². The van der Waals surface area contributed by atoms with E-state index in [4.69, 9.17) is 13.9 Å². The fraction of sp³-hybridized carbons (Fsp3) is 0.250. The summed E-state index contributed by atoms with van der Waals surface area (Å²) in [6, 6.07) is 3.02. The van der Waals surface area contributed by atoms with Crippen LogP contribution in [-0.2, 0) is 11.2 Å². The van der Waals surface area contributed by atoms with Crippen molar-refractivity contribution in [3.8, 4) is 11.5 Å². The second-order valence-electron chi connectivity index (χ2n) is 4.59. The molecule has 2 aromatic rings. The second-order valence-corrected chi connectivity index (χ2v) is 4.59. The Labute approximate surface area is 121 Å². The molecule has 0 unspecified atom stereocenters. The Kier molecular flexibility index (Phi) is 4.12. The Morgan fingerprint density at radius 1 is 1.38 bits per heavy atom. The van der Waals surface area contributed by atoms with Crippen molar-refractivity contribution in [2.24, 2.45) is 0 Å². The third-order valence-electron chi connectivity index (χ3n) is 3.06. The molecule has 1 aromatic carbocycles. The van der Waals surface area contributed by atoms with Crippen LogP contribution in [0.5, 0.6) is 11.5 Å². The summed E-state index contributed by atoms with van der Waals surface area (Å²) in [4.78, 5) is 22.9. The maximum atomic E-state index is 11.7. The molecule has 0 N–H and O–H groups in total. The van der Waals surface area contributed by atoms with Crippen molar-refractivity contribution in [2.75, 3.05) is 7.11 Å². The first-order valence-corrected chi connectivity index (χ1v) is 6.41. The van der Waals surface area contributed by atoms with Gasteiger partial charge in [-0.3, -0.25) is 4.79 Å². The molecule has 0 fully saturated rings. The molecule has 0 spiro atoms. The lowest BCUT2D eigenvalue weighted by molar-refractivity contribution is -0.131. The van der Waals surface area contributed by atoms with E-state index in [0.717, 1.165) is 5.56 Å². The molecule has 21 heavy (non-hydrogen) atoms. The van der Waals surface area contributed by atoms with Crippen LogP contribution in [0.3, 0.4) is 0 Å². The lowest BCUT2D eigenvalue weighted by Gasteiger charge is -2.14. The van der Waals surface area contributed by atoms with Gasteiger partial charge in [0, 0.05) is 24.6 Å². The van der Waals surface area contributed by atoms with Crippen molar-refractivity contribution in [3.63, 3.8) is 0 Å². The molecular formula is C16H16O5. The molecule has 0 saturated heterocycles. The molecule has 0 aliphatic rings. The van der Waals surface area contributed by atoms with Gasteiger partial charge in [0.05, 0.1) is 12.5 Å². The highest BCUT2D eigenvalue weighted by molar-refractivity contribution is 5.92. The summed E-state index contributed by atoms with van der Waals surface area (Å²) in [7, 11) is 1.50. The van der Waals surface area contributed by atoms with Crippen LogP contribution in [0, 0.1) is 6.92 Å². The zero-order chi connectivity index (χ0) is 15.6. The molecule has 0 radical (unpaired) electrons. The van der Waals surface area contributed by atoms with Crippen LogP contribution in [0.1, 0.15) is 18.1 Å². The predicted octanol–water partition coefficient (Wildman–Crippen LogP) is 2.76. The molecule has 5 heteroatoms. The zero-order valence-corrected chi connectivity index (χ0v) is 12.2. The topological polar surface area (TPSA) is 65.7 Å². The SMILES string of the molecule is C=CCc1c(OC(C)=O)cc(OC)c2c(C)cc(=O)oc12. The smallest absolute Gasteiger partial charge is 0.336 e. The van der Waals surface area contributed by atoms with E-state index >= 15 is 0 Å². The first kappa shape index (κ1) is 14.8. The van der Waals surface area contributed by atoms with E-state index in [-0.39, 0.29) is 0 Å². The van der Waals surface area contributed by atoms with Gasteiger partial charge in [-0.15, -0.1) is 6.58 Å². The minimum atomic E-state index is -0.465. The van der Waals surface area contributed by atoms with Gasteiger partial charge in [-0.25, -0.2) is 4.79 Å².